The number of hydrogen-bond donors (Lipinski definition) is 1. The predicted octanol–water partition coefficient (Wildman–Crippen LogP) is 5.71. The zero-order valence-electron chi connectivity index (χ0n) is 13.5. The van der Waals surface area contributed by atoms with Crippen molar-refractivity contribution in [3.05, 3.63) is 96.1 Å². The topological polar surface area (TPSA) is 32.9 Å². The number of nitrogens with one attached hydrogen (secondary N) is 1. The molecule has 0 amide bonds. The minimum Gasteiger partial charge on any atom is -0.354 e. The van der Waals surface area contributed by atoms with Crippen LogP contribution in [-0.2, 0) is 0 Å². The Bertz CT molecular complexity index is 1250. The van der Waals surface area contributed by atoms with E-state index in [0.29, 0.717) is 5.56 Å². The number of aromatic nitrogens is 1. The Kier molecular flexibility index (Phi) is 2.98. The maximum atomic E-state index is 13.2. The van der Waals surface area contributed by atoms with Crippen molar-refractivity contribution < 1.29 is 4.79 Å². The first-order valence-electron chi connectivity index (χ1n) is 8.35. The number of hydrogen-bond acceptors (Lipinski definition) is 1. The molecule has 1 N–H and O–H groups in total. The number of fused-ring (bicyclic) bond motifs is 5. The lowest BCUT2D eigenvalue weighted by Crippen LogP contribution is -2.02. The van der Waals surface area contributed by atoms with Gasteiger partial charge in [0.2, 0.25) is 0 Å². The first-order valence-corrected chi connectivity index (χ1v) is 8.35. The first-order chi connectivity index (χ1) is 12.3. The van der Waals surface area contributed by atoms with Gasteiger partial charge in [0.15, 0.2) is 5.78 Å². The Hall–Kier alpha value is -3.39. The number of carbonyl (C=O) groups excluding carboxylic acids is 1. The van der Waals surface area contributed by atoms with E-state index in [1.54, 1.807) is 0 Å². The van der Waals surface area contributed by atoms with Crippen LogP contribution in [-0.4, -0.2) is 10.8 Å². The summed E-state index contributed by atoms with van der Waals surface area (Å²) < 4.78 is 0. The van der Waals surface area contributed by atoms with E-state index in [2.05, 4.69) is 29.2 Å². The zero-order valence-corrected chi connectivity index (χ0v) is 13.5. The van der Waals surface area contributed by atoms with E-state index >= 15 is 0 Å². The molecule has 2 heteroatoms. The van der Waals surface area contributed by atoms with Gasteiger partial charge in [-0.1, -0.05) is 72.8 Å². The Labute approximate surface area is 144 Å². The molecule has 0 aliphatic rings. The van der Waals surface area contributed by atoms with E-state index in [1.165, 1.54) is 5.39 Å². The van der Waals surface area contributed by atoms with Crippen molar-refractivity contribution in [3.63, 3.8) is 0 Å². The monoisotopic (exact) mass is 321 g/mol. The average Bonchev–Trinajstić information content (AvgIpc) is 3.07. The van der Waals surface area contributed by atoms with Crippen LogP contribution >= 0.6 is 0 Å². The summed E-state index contributed by atoms with van der Waals surface area (Å²) in [4.78, 5) is 16.6. The van der Waals surface area contributed by atoms with E-state index < -0.39 is 0 Å². The van der Waals surface area contributed by atoms with Gasteiger partial charge in [0.25, 0.3) is 0 Å². The number of benzene rings is 4. The molecular formula is C23H15NO. The van der Waals surface area contributed by atoms with Gasteiger partial charge in [-0.25, -0.2) is 0 Å². The van der Waals surface area contributed by atoms with Crippen LogP contribution in [0.25, 0.3) is 32.6 Å². The van der Waals surface area contributed by atoms with Crippen molar-refractivity contribution in [3.8, 4) is 0 Å². The summed E-state index contributed by atoms with van der Waals surface area (Å²) in [5, 5.41) is 4.52. The normalized spacial score (nSPS) is 11.4. The minimum atomic E-state index is 0.0444. The van der Waals surface area contributed by atoms with Crippen LogP contribution in [0.3, 0.4) is 0 Å². The highest BCUT2D eigenvalue weighted by Crippen LogP contribution is 2.35. The summed E-state index contributed by atoms with van der Waals surface area (Å²) in [6, 6.07) is 27.9. The Morgan fingerprint density at radius 2 is 1.40 bits per heavy atom. The molecule has 118 valence electrons. The highest BCUT2D eigenvalue weighted by atomic mass is 16.1. The van der Waals surface area contributed by atoms with Crippen LogP contribution < -0.4 is 0 Å². The van der Waals surface area contributed by atoms with E-state index in [4.69, 9.17) is 0 Å². The lowest BCUT2D eigenvalue weighted by atomic mass is 9.95. The fourth-order valence-electron chi connectivity index (χ4n) is 3.63. The zero-order chi connectivity index (χ0) is 16.8. The standard InChI is InChI=1S/C23H15NO/c25-23(15-8-2-1-3-9-15)19-14-16-10-4-5-11-17(16)21-18-12-6-7-13-20(18)24-22(19)21/h1-14,24H. The van der Waals surface area contributed by atoms with Gasteiger partial charge in [-0.05, 0) is 22.9 Å². The molecule has 0 fully saturated rings. The van der Waals surface area contributed by atoms with E-state index in [1.807, 2.05) is 60.7 Å². The quantitative estimate of drug-likeness (QED) is 0.415. The summed E-state index contributed by atoms with van der Waals surface area (Å²) in [5.74, 6) is 0.0444. The van der Waals surface area contributed by atoms with Gasteiger partial charge in [0.1, 0.15) is 0 Å². The fraction of sp³-hybridized carbons (Fsp3) is 0. The third-order valence-electron chi connectivity index (χ3n) is 4.79. The Balaban J connectivity index is 1.94. The highest BCUT2D eigenvalue weighted by Gasteiger charge is 2.18. The van der Waals surface area contributed by atoms with Crippen LogP contribution in [0.2, 0.25) is 0 Å². The molecule has 0 aliphatic carbocycles. The molecule has 5 rings (SSSR count). The third-order valence-corrected chi connectivity index (χ3v) is 4.79. The van der Waals surface area contributed by atoms with E-state index in [0.717, 1.165) is 32.8 Å². The molecule has 5 aromatic rings. The SMILES string of the molecule is O=C(c1ccccc1)c1cc2ccccc2c2c1[nH]c1ccccc12. The minimum absolute atomic E-state index is 0.0444. The number of ketones is 1. The summed E-state index contributed by atoms with van der Waals surface area (Å²) in [5.41, 5.74) is 3.39. The van der Waals surface area contributed by atoms with Crippen molar-refractivity contribution in [1.29, 1.82) is 0 Å². The second kappa shape index (κ2) is 5.32. The molecule has 0 radical (unpaired) electrons. The molecule has 4 aromatic carbocycles. The molecule has 1 aromatic heterocycles. The number of aromatic amines is 1. The molecule has 0 unspecified atom stereocenters. The number of para-hydroxylation sites is 1. The second-order valence-corrected chi connectivity index (χ2v) is 6.26. The summed E-state index contributed by atoms with van der Waals surface area (Å²) >= 11 is 0. The highest BCUT2D eigenvalue weighted by molar-refractivity contribution is 6.27. The lowest BCUT2D eigenvalue weighted by Gasteiger charge is -2.07. The van der Waals surface area contributed by atoms with Crippen LogP contribution in [0.5, 0.6) is 0 Å². The van der Waals surface area contributed by atoms with Gasteiger partial charge in [-0.3, -0.25) is 4.79 Å². The van der Waals surface area contributed by atoms with Crippen LogP contribution in [0.15, 0.2) is 84.9 Å². The van der Waals surface area contributed by atoms with Gasteiger partial charge in [0, 0.05) is 27.4 Å². The molecule has 0 spiro atoms. The molecule has 1 heterocycles. The van der Waals surface area contributed by atoms with Crippen molar-refractivity contribution in [1.82, 2.24) is 4.98 Å². The van der Waals surface area contributed by atoms with Crippen molar-refractivity contribution in [2.24, 2.45) is 0 Å². The first kappa shape index (κ1) is 14.0. The lowest BCUT2D eigenvalue weighted by molar-refractivity contribution is 0.104. The van der Waals surface area contributed by atoms with Crippen LogP contribution in [0, 0.1) is 0 Å². The van der Waals surface area contributed by atoms with Crippen molar-refractivity contribution >= 4 is 38.4 Å². The van der Waals surface area contributed by atoms with Crippen LogP contribution in [0.4, 0.5) is 0 Å². The van der Waals surface area contributed by atoms with Crippen molar-refractivity contribution in [2.75, 3.05) is 0 Å². The van der Waals surface area contributed by atoms with E-state index in [9.17, 15) is 4.79 Å². The van der Waals surface area contributed by atoms with Crippen LogP contribution in [0.1, 0.15) is 15.9 Å². The molecule has 0 aliphatic heterocycles. The number of H-pyrrole nitrogens is 1. The third kappa shape index (κ3) is 2.08. The van der Waals surface area contributed by atoms with Gasteiger partial charge >= 0.3 is 0 Å². The number of carbonyl (C=O) groups is 1. The number of rotatable bonds is 2. The fourth-order valence-corrected chi connectivity index (χ4v) is 3.63. The second-order valence-electron chi connectivity index (χ2n) is 6.26. The molecule has 25 heavy (non-hydrogen) atoms. The summed E-state index contributed by atoms with van der Waals surface area (Å²) in [7, 11) is 0. The summed E-state index contributed by atoms with van der Waals surface area (Å²) in [6.07, 6.45) is 0. The largest absolute Gasteiger partial charge is 0.354 e. The van der Waals surface area contributed by atoms with Crippen molar-refractivity contribution in [2.45, 2.75) is 0 Å². The molecular weight excluding hydrogens is 306 g/mol. The maximum Gasteiger partial charge on any atom is 0.195 e. The molecule has 0 saturated carbocycles. The maximum absolute atomic E-state index is 13.2. The van der Waals surface area contributed by atoms with E-state index in [-0.39, 0.29) is 5.78 Å². The van der Waals surface area contributed by atoms with Gasteiger partial charge < -0.3 is 4.98 Å². The van der Waals surface area contributed by atoms with Gasteiger partial charge in [-0.2, -0.15) is 0 Å². The van der Waals surface area contributed by atoms with Gasteiger partial charge in [-0.15, -0.1) is 0 Å². The average molecular weight is 321 g/mol. The van der Waals surface area contributed by atoms with Gasteiger partial charge in [0.05, 0.1) is 5.52 Å². The Morgan fingerprint density at radius 3 is 2.24 bits per heavy atom. The predicted molar refractivity (Wildman–Crippen MR) is 103 cm³/mol. The summed E-state index contributed by atoms with van der Waals surface area (Å²) in [6.45, 7) is 0. The molecule has 0 atom stereocenters. The molecule has 2 nitrogen and oxygen atoms in total. The Morgan fingerprint density at radius 1 is 0.720 bits per heavy atom. The smallest absolute Gasteiger partial charge is 0.195 e. The molecule has 0 saturated heterocycles. The molecule has 0 bridgehead atoms.